The minimum Gasteiger partial charge on any atom is -0.393 e. The lowest BCUT2D eigenvalue weighted by Crippen LogP contribution is -2.50. The van der Waals surface area contributed by atoms with Crippen LogP contribution in [0, 0.1) is 23.1 Å². The quantitative estimate of drug-likeness (QED) is 0.928. The molecule has 118 valence electrons. The number of nitrogens with zero attached hydrogens (tertiary/aromatic N) is 2. The van der Waals surface area contributed by atoms with Gasteiger partial charge in [0.05, 0.1) is 31.0 Å². The molecule has 1 aliphatic heterocycles. The number of ether oxygens (including phenoxy) is 1. The molecule has 2 fully saturated rings. The van der Waals surface area contributed by atoms with Crippen LogP contribution in [0.5, 0.6) is 0 Å². The number of benzene rings is 1. The van der Waals surface area contributed by atoms with E-state index in [2.05, 4.69) is 11.0 Å². The third kappa shape index (κ3) is 3.14. The first-order chi connectivity index (χ1) is 10.7. The van der Waals surface area contributed by atoms with Gasteiger partial charge in [0.15, 0.2) is 0 Å². The van der Waals surface area contributed by atoms with Crippen LogP contribution in [0.1, 0.15) is 30.4 Å². The van der Waals surface area contributed by atoms with E-state index in [0.29, 0.717) is 30.9 Å². The average molecular weight is 304 g/mol. The Kier molecular flexibility index (Phi) is 4.72. The topological polar surface area (TPSA) is 56.5 Å². The Hall–Kier alpha value is -1.48. The molecule has 22 heavy (non-hydrogen) atoms. The lowest BCUT2D eigenvalue weighted by Gasteiger charge is -2.40. The van der Waals surface area contributed by atoms with Gasteiger partial charge in [-0.15, -0.1) is 0 Å². The lowest BCUT2D eigenvalue weighted by atomic mass is 9.93. The van der Waals surface area contributed by atoms with Crippen LogP contribution in [-0.4, -0.2) is 41.9 Å². The van der Waals surface area contributed by atoms with Crippen molar-refractivity contribution in [1.29, 1.82) is 5.26 Å². The number of hydrogen-bond donors (Lipinski definition) is 1. The molecular formula is C17H21FN2O2. The number of nitriles is 1. The van der Waals surface area contributed by atoms with Crippen LogP contribution in [0.4, 0.5) is 4.39 Å². The molecule has 3 rings (SSSR count). The van der Waals surface area contributed by atoms with Gasteiger partial charge in [0.1, 0.15) is 5.82 Å². The van der Waals surface area contributed by atoms with Crippen molar-refractivity contribution in [2.75, 3.05) is 19.8 Å². The number of hydrogen-bond acceptors (Lipinski definition) is 4. The number of morpholine rings is 1. The Morgan fingerprint density at radius 1 is 1.41 bits per heavy atom. The standard InChI is InChI=1S/C17H21FN2O2/c18-14-5-4-12(9-19)13(8-14)10-20-6-7-22-11-16(20)15-2-1-3-17(15)21/h4-5,8,15-17,21H,1-3,6-7,10-11H2/t15-,16-,17-/m1/s1. The van der Waals surface area contributed by atoms with E-state index in [0.717, 1.165) is 25.8 Å². The minimum atomic E-state index is -0.320. The van der Waals surface area contributed by atoms with Crippen molar-refractivity contribution in [2.24, 2.45) is 5.92 Å². The molecule has 1 saturated heterocycles. The highest BCUT2D eigenvalue weighted by atomic mass is 19.1. The van der Waals surface area contributed by atoms with Gasteiger partial charge < -0.3 is 9.84 Å². The van der Waals surface area contributed by atoms with Gasteiger partial charge in [0.2, 0.25) is 0 Å². The summed E-state index contributed by atoms with van der Waals surface area (Å²) >= 11 is 0. The van der Waals surface area contributed by atoms with Gasteiger partial charge in [-0.3, -0.25) is 4.90 Å². The van der Waals surface area contributed by atoms with Crippen LogP contribution in [0.3, 0.4) is 0 Å². The van der Waals surface area contributed by atoms with Crippen molar-refractivity contribution in [3.63, 3.8) is 0 Å². The molecule has 0 aromatic heterocycles. The highest BCUT2D eigenvalue weighted by Crippen LogP contribution is 2.33. The summed E-state index contributed by atoms with van der Waals surface area (Å²) in [5.74, 6) is -0.112. The van der Waals surface area contributed by atoms with E-state index in [4.69, 9.17) is 4.74 Å². The predicted octanol–water partition coefficient (Wildman–Crippen LogP) is 2.06. The van der Waals surface area contributed by atoms with Gasteiger partial charge in [-0.05, 0) is 36.6 Å². The van der Waals surface area contributed by atoms with E-state index in [-0.39, 0.29) is 23.9 Å². The largest absolute Gasteiger partial charge is 0.393 e. The van der Waals surface area contributed by atoms with Crippen molar-refractivity contribution >= 4 is 0 Å². The van der Waals surface area contributed by atoms with Gasteiger partial charge in [-0.25, -0.2) is 4.39 Å². The summed E-state index contributed by atoms with van der Waals surface area (Å²) in [6.07, 6.45) is 2.61. The minimum absolute atomic E-state index is 0.140. The fourth-order valence-electron chi connectivity index (χ4n) is 3.69. The molecular weight excluding hydrogens is 283 g/mol. The van der Waals surface area contributed by atoms with Gasteiger partial charge >= 0.3 is 0 Å². The molecule has 4 nitrogen and oxygen atoms in total. The van der Waals surface area contributed by atoms with Crippen LogP contribution in [0.15, 0.2) is 18.2 Å². The van der Waals surface area contributed by atoms with E-state index in [1.54, 1.807) is 0 Å². The first-order valence-corrected chi connectivity index (χ1v) is 7.87. The third-order valence-corrected chi connectivity index (χ3v) is 4.87. The molecule has 2 aliphatic rings. The van der Waals surface area contributed by atoms with Crippen molar-refractivity contribution in [3.8, 4) is 6.07 Å². The number of aliphatic hydroxyl groups excluding tert-OH is 1. The van der Waals surface area contributed by atoms with Crippen LogP contribution in [0.25, 0.3) is 0 Å². The summed E-state index contributed by atoms with van der Waals surface area (Å²) in [4.78, 5) is 2.23. The molecule has 1 aliphatic carbocycles. The summed E-state index contributed by atoms with van der Waals surface area (Å²) in [7, 11) is 0. The molecule has 1 heterocycles. The van der Waals surface area contributed by atoms with Crippen molar-refractivity contribution < 1.29 is 14.2 Å². The zero-order valence-electron chi connectivity index (χ0n) is 12.5. The summed E-state index contributed by atoms with van der Waals surface area (Å²) in [6.45, 7) is 2.50. The highest BCUT2D eigenvalue weighted by Gasteiger charge is 2.37. The molecule has 0 radical (unpaired) electrons. The van der Waals surface area contributed by atoms with Gasteiger partial charge in [0, 0.05) is 25.0 Å². The van der Waals surface area contributed by atoms with Crippen molar-refractivity contribution in [2.45, 2.75) is 38.0 Å². The van der Waals surface area contributed by atoms with Gasteiger partial charge in [-0.2, -0.15) is 5.26 Å². The first-order valence-electron chi connectivity index (χ1n) is 7.87. The molecule has 1 saturated carbocycles. The van der Waals surface area contributed by atoms with E-state index in [9.17, 15) is 14.8 Å². The Bertz CT molecular complexity index is 572. The van der Waals surface area contributed by atoms with E-state index >= 15 is 0 Å². The molecule has 0 unspecified atom stereocenters. The Labute approximate surface area is 130 Å². The van der Waals surface area contributed by atoms with Crippen LogP contribution in [-0.2, 0) is 11.3 Å². The molecule has 1 aromatic carbocycles. The molecule has 0 bridgehead atoms. The van der Waals surface area contributed by atoms with Crippen LogP contribution in [0.2, 0.25) is 0 Å². The second-order valence-corrected chi connectivity index (χ2v) is 6.19. The molecule has 0 spiro atoms. The zero-order valence-corrected chi connectivity index (χ0v) is 12.5. The maximum absolute atomic E-state index is 13.5. The monoisotopic (exact) mass is 304 g/mol. The summed E-state index contributed by atoms with van der Waals surface area (Å²) in [6, 6.07) is 6.56. The molecule has 5 heteroatoms. The zero-order chi connectivity index (χ0) is 15.5. The highest BCUT2D eigenvalue weighted by molar-refractivity contribution is 5.37. The average Bonchev–Trinajstić information content (AvgIpc) is 2.94. The normalized spacial score (nSPS) is 29.4. The third-order valence-electron chi connectivity index (χ3n) is 4.87. The maximum atomic E-state index is 13.5. The van der Waals surface area contributed by atoms with E-state index in [1.807, 2.05) is 0 Å². The Morgan fingerprint density at radius 3 is 3.00 bits per heavy atom. The lowest BCUT2D eigenvalue weighted by molar-refractivity contribution is -0.0537. The molecule has 1 aromatic rings. The van der Waals surface area contributed by atoms with Gasteiger partial charge in [-0.1, -0.05) is 6.42 Å². The van der Waals surface area contributed by atoms with E-state index < -0.39 is 0 Å². The predicted molar refractivity (Wildman–Crippen MR) is 79.5 cm³/mol. The second-order valence-electron chi connectivity index (χ2n) is 6.19. The fraction of sp³-hybridized carbons (Fsp3) is 0.588. The number of aliphatic hydroxyl groups is 1. The van der Waals surface area contributed by atoms with E-state index in [1.165, 1.54) is 18.2 Å². The maximum Gasteiger partial charge on any atom is 0.123 e. The van der Waals surface area contributed by atoms with Gasteiger partial charge in [0.25, 0.3) is 0 Å². The van der Waals surface area contributed by atoms with Crippen LogP contribution < -0.4 is 0 Å². The number of halogens is 1. The smallest absolute Gasteiger partial charge is 0.123 e. The summed E-state index contributed by atoms with van der Waals surface area (Å²) in [5, 5.41) is 19.4. The Morgan fingerprint density at radius 2 is 2.27 bits per heavy atom. The number of rotatable bonds is 3. The molecule has 1 N–H and O–H groups in total. The van der Waals surface area contributed by atoms with Crippen molar-refractivity contribution in [1.82, 2.24) is 4.90 Å². The SMILES string of the molecule is N#Cc1ccc(F)cc1CN1CCOC[C@@H]1[C@H]1CCC[C@H]1O. The Balaban J connectivity index is 1.80. The first kappa shape index (κ1) is 15.4. The fourth-order valence-corrected chi connectivity index (χ4v) is 3.69. The summed E-state index contributed by atoms with van der Waals surface area (Å²) < 4.78 is 19.1. The molecule has 3 atom stereocenters. The van der Waals surface area contributed by atoms with Crippen molar-refractivity contribution in [3.05, 3.63) is 35.1 Å². The van der Waals surface area contributed by atoms with Crippen LogP contribution >= 0.6 is 0 Å². The molecule has 0 amide bonds. The summed E-state index contributed by atoms with van der Waals surface area (Å²) in [5.41, 5.74) is 1.22. The second kappa shape index (κ2) is 6.74.